The second kappa shape index (κ2) is 5.65. The zero-order chi connectivity index (χ0) is 13.9. The van der Waals surface area contributed by atoms with Gasteiger partial charge < -0.3 is 10.4 Å². The van der Waals surface area contributed by atoms with Crippen molar-refractivity contribution >= 4 is 40.8 Å². The number of benzene rings is 1. The van der Waals surface area contributed by atoms with Crippen LogP contribution in [0, 0.1) is 10.1 Å². The first-order chi connectivity index (χ1) is 8.32. The van der Waals surface area contributed by atoms with Crippen molar-refractivity contribution in [1.29, 1.82) is 0 Å². The van der Waals surface area contributed by atoms with Gasteiger partial charge in [0.25, 0.3) is 11.6 Å². The Morgan fingerprint density at radius 2 is 2.00 bits per heavy atom. The number of hydrogen-bond acceptors (Lipinski definition) is 4. The average Bonchev–Trinajstić information content (AvgIpc) is 2.28. The molecule has 0 saturated carbocycles. The maximum Gasteiger partial charge on any atom is 0.322 e. The molecular weight excluding hydrogens is 287 g/mol. The van der Waals surface area contributed by atoms with Crippen LogP contribution in [0.4, 0.5) is 5.69 Å². The lowest BCUT2D eigenvalue weighted by atomic mass is 10.2. The number of nitro benzene ring substituents is 1. The number of carboxylic acid groups (broad SMARTS) is 1. The van der Waals surface area contributed by atoms with Crippen molar-refractivity contribution in [2.24, 2.45) is 0 Å². The Bertz CT molecular complexity index is 532. The molecule has 0 fully saturated rings. The van der Waals surface area contributed by atoms with E-state index in [0.29, 0.717) is 0 Å². The number of hydrogen-bond donors (Lipinski definition) is 2. The molecule has 18 heavy (non-hydrogen) atoms. The van der Waals surface area contributed by atoms with E-state index in [9.17, 15) is 19.7 Å². The van der Waals surface area contributed by atoms with Gasteiger partial charge in [0.15, 0.2) is 0 Å². The topological polar surface area (TPSA) is 110 Å². The van der Waals surface area contributed by atoms with Crippen LogP contribution in [0.1, 0.15) is 10.4 Å². The maximum atomic E-state index is 11.5. The van der Waals surface area contributed by atoms with Crippen LogP contribution < -0.4 is 5.32 Å². The van der Waals surface area contributed by atoms with E-state index >= 15 is 0 Å². The molecule has 2 N–H and O–H groups in total. The fourth-order valence-electron chi connectivity index (χ4n) is 1.10. The molecule has 0 heterocycles. The number of carboxylic acids is 1. The molecule has 7 nitrogen and oxygen atoms in total. The predicted molar refractivity (Wildman–Crippen MR) is 63.1 cm³/mol. The standard InChI is InChI=1S/C9H6Cl2N2O5/c10-5-1-4(9(16)12-3-7(14)15)2-6(8(5)11)13(17)18/h1-2H,3H2,(H,12,16)(H,14,15). The molecular formula is C9H6Cl2N2O5. The molecule has 0 aromatic heterocycles. The minimum Gasteiger partial charge on any atom is -0.480 e. The van der Waals surface area contributed by atoms with E-state index in [-0.39, 0.29) is 15.6 Å². The summed E-state index contributed by atoms with van der Waals surface area (Å²) in [5, 5.41) is 20.6. The van der Waals surface area contributed by atoms with Crippen LogP contribution in [0.25, 0.3) is 0 Å². The van der Waals surface area contributed by atoms with Crippen molar-refractivity contribution in [3.63, 3.8) is 0 Å². The molecule has 1 rings (SSSR count). The SMILES string of the molecule is O=C(O)CNC(=O)c1cc(Cl)c(Cl)c([N+](=O)[O-])c1. The van der Waals surface area contributed by atoms with Gasteiger partial charge in [-0.25, -0.2) is 0 Å². The molecule has 9 heteroatoms. The van der Waals surface area contributed by atoms with Crippen molar-refractivity contribution in [2.45, 2.75) is 0 Å². The molecule has 1 aromatic rings. The van der Waals surface area contributed by atoms with E-state index in [4.69, 9.17) is 28.3 Å². The number of carbonyl (C=O) groups is 2. The summed E-state index contributed by atoms with van der Waals surface area (Å²) in [5.74, 6) is -2.03. The van der Waals surface area contributed by atoms with Gasteiger partial charge in [0, 0.05) is 11.6 Å². The lowest BCUT2D eigenvalue weighted by molar-refractivity contribution is -0.384. The third-order valence-electron chi connectivity index (χ3n) is 1.87. The van der Waals surface area contributed by atoms with E-state index in [1.807, 2.05) is 5.32 Å². The highest BCUT2D eigenvalue weighted by Gasteiger charge is 2.20. The lowest BCUT2D eigenvalue weighted by Crippen LogP contribution is -2.29. The Balaban J connectivity index is 3.07. The average molecular weight is 293 g/mol. The highest BCUT2D eigenvalue weighted by molar-refractivity contribution is 6.43. The van der Waals surface area contributed by atoms with E-state index in [2.05, 4.69) is 0 Å². The molecule has 0 aliphatic rings. The number of rotatable bonds is 4. The van der Waals surface area contributed by atoms with E-state index in [0.717, 1.165) is 12.1 Å². The second-order valence-electron chi connectivity index (χ2n) is 3.12. The van der Waals surface area contributed by atoms with Gasteiger partial charge in [-0.3, -0.25) is 19.7 Å². The number of amides is 1. The Labute approximate surface area is 110 Å². The monoisotopic (exact) mass is 292 g/mol. The highest BCUT2D eigenvalue weighted by Crippen LogP contribution is 2.32. The molecule has 1 amide bonds. The summed E-state index contributed by atoms with van der Waals surface area (Å²) < 4.78 is 0. The van der Waals surface area contributed by atoms with Crippen molar-refractivity contribution in [2.75, 3.05) is 6.54 Å². The number of nitro groups is 1. The first-order valence-corrected chi connectivity index (χ1v) is 5.22. The smallest absolute Gasteiger partial charge is 0.322 e. The van der Waals surface area contributed by atoms with E-state index < -0.39 is 29.0 Å². The third kappa shape index (κ3) is 3.31. The van der Waals surface area contributed by atoms with Gasteiger partial charge in [-0.05, 0) is 6.07 Å². The molecule has 96 valence electrons. The van der Waals surface area contributed by atoms with Crippen LogP contribution in [0.3, 0.4) is 0 Å². The predicted octanol–water partition coefficient (Wildman–Crippen LogP) is 1.72. The number of halogens is 2. The quantitative estimate of drug-likeness (QED) is 0.648. The Morgan fingerprint density at radius 1 is 1.39 bits per heavy atom. The van der Waals surface area contributed by atoms with Crippen molar-refractivity contribution < 1.29 is 19.6 Å². The minimum atomic E-state index is -1.24. The summed E-state index contributed by atoms with van der Waals surface area (Å²) >= 11 is 11.2. The summed E-state index contributed by atoms with van der Waals surface area (Å²) in [5.41, 5.74) is -0.665. The van der Waals surface area contributed by atoms with Crippen molar-refractivity contribution in [3.8, 4) is 0 Å². The van der Waals surface area contributed by atoms with Gasteiger partial charge in [0.2, 0.25) is 0 Å². The summed E-state index contributed by atoms with van der Waals surface area (Å²) in [6.45, 7) is -0.604. The Kier molecular flexibility index (Phi) is 4.46. The van der Waals surface area contributed by atoms with Crippen LogP contribution in [-0.2, 0) is 4.79 Å². The molecule has 0 radical (unpaired) electrons. The number of nitrogens with zero attached hydrogens (tertiary/aromatic N) is 1. The molecule has 0 aliphatic carbocycles. The zero-order valence-corrected chi connectivity index (χ0v) is 10.2. The highest BCUT2D eigenvalue weighted by atomic mass is 35.5. The first-order valence-electron chi connectivity index (χ1n) is 4.46. The lowest BCUT2D eigenvalue weighted by Gasteiger charge is -2.04. The molecule has 1 aromatic carbocycles. The minimum absolute atomic E-state index is 0.141. The summed E-state index contributed by atoms with van der Waals surface area (Å²) in [6.07, 6.45) is 0. The van der Waals surface area contributed by atoms with Gasteiger partial charge in [-0.2, -0.15) is 0 Å². The normalized spacial score (nSPS) is 9.89. The van der Waals surface area contributed by atoms with Crippen LogP contribution >= 0.6 is 23.2 Å². The second-order valence-corrected chi connectivity index (χ2v) is 3.91. The van der Waals surface area contributed by atoms with Crippen LogP contribution in [0.15, 0.2) is 12.1 Å². The fourth-order valence-corrected chi connectivity index (χ4v) is 1.49. The molecule has 0 bridgehead atoms. The Morgan fingerprint density at radius 3 is 2.50 bits per heavy atom. The van der Waals surface area contributed by atoms with Crippen LogP contribution in [0.2, 0.25) is 10.0 Å². The molecule has 0 unspecified atom stereocenters. The zero-order valence-electron chi connectivity index (χ0n) is 8.65. The fraction of sp³-hybridized carbons (Fsp3) is 0.111. The van der Waals surface area contributed by atoms with Gasteiger partial charge in [0.05, 0.1) is 9.95 Å². The summed E-state index contributed by atoms with van der Waals surface area (Å²) in [4.78, 5) is 31.6. The van der Waals surface area contributed by atoms with Gasteiger partial charge in [-0.15, -0.1) is 0 Å². The first kappa shape index (κ1) is 14.2. The molecule has 0 atom stereocenters. The van der Waals surface area contributed by atoms with Gasteiger partial charge >= 0.3 is 5.97 Å². The van der Waals surface area contributed by atoms with Crippen molar-refractivity contribution in [3.05, 3.63) is 37.9 Å². The Hall–Kier alpha value is -1.86. The van der Waals surface area contributed by atoms with Crippen LogP contribution in [-0.4, -0.2) is 28.5 Å². The molecule has 0 saturated heterocycles. The van der Waals surface area contributed by atoms with E-state index in [1.165, 1.54) is 0 Å². The molecule has 0 aliphatic heterocycles. The van der Waals surface area contributed by atoms with E-state index in [1.54, 1.807) is 0 Å². The largest absolute Gasteiger partial charge is 0.480 e. The third-order valence-corrected chi connectivity index (χ3v) is 2.66. The van der Waals surface area contributed by atoms with Crippen molar-refractivity contribution in [1.82, 2.24) is 5.32 Å². The van der Waals surface area contributed by atoms with Crippen LogP contribution in [0.5, 0.6) is 0 Å². The summed E-state index contributed by atoms with van der Waals surface area (Å²) in [7, 11) is 0. The number of carbonyl (C=O) groups excluding carboxylic acids is 1. The summed E-state index contributed by atoms with van der Waals surface area (Å²) in [6, 6.07) is 2.04. The number of nitrogens with one attached hydrogen (secondary N) is 1. The van der Waals surface area contributed by atoms with Gasteiger partial charge in [0.1, 0.15) is 11.6 Å². The number of aliphatic carboxylic acids is 1. The molecule has 0 spiro atoms. The van der Waals surface area contributed by atoms with Gasteiger partial charge in [-0.1, -0.05) is 23.2 Å². The maximum absolute atomic E-state index is 11.5.